The molecule has 0 saturated carbocycles. The SMILES string of the molecule is COCCN1CCCC1.Nc1ccc(N)cc1. The molecule has 1 aromatic carbocycles. The first-order chi connectivity index (χ1) is 8.22. The van der Waals surface area contributed by atoms with Crippen LogP contribution < -0.4 is 11.5 Å². The van der Waals surface area contributed by atoms with Crippen LogP contribution in [-0.2, 0) is 4.74 Å². The summed E-state index contributed by atoms with van der Waals surface area (Å²) < 4.78 is 4.96. The van der Waals surface area contributed by atoms with Crippen LogP contribution in [0.3, 0.4) is 0 Å². The van der Waals surface area contributed by atoms with Crippen molar-refractivity contribution < 1.29 is 4.74 Å². The van der Waals surface area contributed by atoms with Crippen LogP contribution >= 0.6 is 0 Å². The summed E-state index contributed by atoms with van der Waals surface area (Å²) >= 11 is 0. The van der Waals surface area contributed by atoms with Gasteiger partial charge in [-0.3, -0.25) is 0 Å². The minimum absolute atomic E-state index is 0.749. The zero-order valence-corrected chi connectivity index (χ0v) is 10.6. The van der Waals surface area contributed by atoms with Crippen molar-refractivity contribution in [2.24, 2.45) is 0 Å². The van der Waals surface area contributed by atoms with Gasteiger partial charge in [-0.05, 0) is 50.2 Å². The van der Waals surface area contributed by atoms with Crippen molar-refractivity contribution in [1.82, 2.24) is 4.90 Å². The predicted molar refractivity (Wildman–Crippen MR) is 72.8 cm³/mol. The van der Waals surface area contributed by atoms with Crippen molar-refractivity contribution in [2.75, 3.05) is 44.8 Å². The minimum Gasteiger partial charge on any atom is -0.399 e. The molecule has 2 rings (SSSR count). The summed E-state index contributed by atoms with van der Waals surface area (Å²) in [4.78, 5) is 2.45. The second kappa shape index (κ2) is 7.92. The van der Waals surface area contributed by atoms with Gasteiger partial charge >= 0.3 is 0 Å². The number of hydrogen-bond acceptors (Lipinski definition) is 4. The number of methoxy groups -OCH3 is 1. The first kappa shape index (κ1) is 13.8. The molecule has 0 spiro atoms. The Bertz CT molecular complexity index is 273. The molecule has 1 fully saturated rings. The van der Waals surface area contributed by atoms with Crippen molar-refractivity contribution in [3.05, 3.63) is 24.3 Å². The monoisotopic (exact) mass is 237 g/mol. The Morgan fingerprint density at radius 3 is 1.94 bits per heavy atom. The average molecular weight is 237 g/mol. The van der Waals surface area contributed by atoms with E-state index in [2.05, 4.69) is 4.90 Å². The molecule has 0 bridgehead atoms. The smallest absolute Gasteiger partial charge is 0.0589 e. The summed E-state index contributed by atoms with van der Waals surface area (Å²) in [6, 6.07) is 7.09. The van der Waals surface area contributed by atoms with E-state index in [0.717, 1.165) is 24.5 Å². The maximum Gasteiger partial charge on any atom is 0.0589 e. The fraction of sp³-hybridized carbons (Fsp3) is 0.538. The lowest BCUT2D eigenvalue weighted by molar-refractivity contribution is 0.161. The third-order valence-electron chi connectivity index (χ3n) is 2.75. The molecule has 1 aliphatic heterocycles. The second-order valence-corrected chi connectivity index (χ2v) is 4.21. The third kappa shape index (κ3) is 6.14. The first-order valence-electron chi connectivity index (χ1n) is 6.04. The Morgan fingerprint density at radius 2 is 1.53 bits per heavy atom. The molecule has 0 aliphatic carbocycles. The normalized spacial score (nSPS) is 15.4. The second-order valence-electron chi connectivity index (χ2n) is 4.21. The molecule has 96 valence electrons. The summed E-state index contributed by atoms with van der Waals surface area (Å²) in [6.07, 6.45) is 2.76. The summed E-state index contributed by atoms with van der Waals surface area (Å²) in [6.45, 7) is 4.57. The number of ether oxygens (including phenoxy) is 1. The molecule has 1 aliphatic rings. The molecule has 4 heteroatoms. The highest BCUT2D eigenvalue weighted by Gasteiger charge is 2.09. The van der Waals surface area contributed by atoms with Crippen LogP contribution in [0.25, 0.3) is 0 Å². The van der Waals surface area contributed by atoms with E-state index in [1.807, 2.05) is 0 Å². The Kier molecular flexibility index (Phi) is 6.43. The lowest BCUT2D eigenvalue weighted by atomic mass is 10.3. The zero-order valence-electron chi connectivity index (χ0n) is 10.6. The molecule has 0 aromatic heterocycles. The highest BCUT2D eigenvalue weighted by Crippen LogP contribution is 2.05. The number of benzene rings is 1. The van der Waals surface area contributed by atoms with Crippen LogP contribution in [0.1, 0.15) is 12.8 Å². The molecule has 0 radical (unpaired) electrons. The lowest BCUT2D eigenvalue weighted by Gasteiger charge is -2.12. The highest BCUT2D eigenvalue weighted by atomic mass is 16.5. The number of rotatable bonds is 3. The summed E-state index contributed by atoms with van der Waals surface area (Å²) in [5.41, 5.74) is 12.2. The fourth-order valence-electron chi connectivity index (χ4n) is 1.72. The molecule has 17 heavy (non-hydrogen) atoms. The van der Waals surface area contributed by atoms with Crippen molar-refractivity contribution in [1.29, 1.82) is 0 Å². The molecule has 1 heterocycles. The van der Waals surface area contributed by atoms with Crippen LogP contribution in [0.4, 0.5) is 11.4 Å². The van der Waals surface area contributed by atoms with Gasteiger partial charge in [-0.2, -0.15) is 0 Å². The molecule has 1 saturated heterocycles. The zero-order chi connectivity index (χ0) is 12.5. The van der Waals surface area contributed by atoms with E-state index in [4.69, 9.17) is 16.2 Å². The van der Waals surface area contributed by atoms with E-state index < -0.39 is 0 Å². The van der Waals surface area contributed by atoms with E-state index in [0.29, 0.717) is 0 Å². The topological polar surface area (TPSA) is 64.5 Å². The average Bonchev–Trinajstić information content (AvgIpc) is 2.84. The first-order valence-corrected chi connectivity index (χ1v) is 6.04. The molecule has 0 amide bonds. The summed E-state index contributed by atoms with van der Waals surface area (Å²) in [7, 11) is 1.76. The van der Waals surface area contributed by atoms with Gasteiger partial charge in [-0.25, -0.2) is 0 Å². The van der Waals surface area contributed by atoms with Gasteiger partial charge < -0.3 is 21.1 Å². The molecular formula is C13H23N3O. The van der Waals surface area contributed by atoms with Crippen molar-refractivity contribution in [2.45, 2.75) is 12.8 Å². The third-order valence-corrected chi connectivity index (χ3v) is 2.75. The van der Waals surface area contributed by atoms with E-state index in [1.165, 1.54) is 25.9 Å². The Hall–Kier alpha value is -1.26. The number of nitrogens with two attached hydrogens (primary N) is 2. The molecule has 4 nitrogen and oxygen atoms in total. The Morgan fingerprint density at radius 1 is 1.06 bits per heavy atom. The highest BCUT2D eigenvalue weighted by molar-refractivity contribution is 5.47. The van der Waals surface area contributed by atoms with Crippen LogP contribution in [0, 0.1) is 0 Å². The number of nitrogen functional groups attached to an aromatic ring is 2. The van der Waals surface area contributed by atoms with Crippen LogP contribution in [-0.4, -0.2) is 38.3 Å². The van der Waals surface area contributed by atoms with Gasteiger partial charge in [0.1, 0.15) is 0 Å². The molecular weight excluding hydrogens is 214 g/mol. The van der Waals surface area contributed by atoms with Gasteiger partial charge in [0.25, 0.3) is 0 Å². The quantitative estimate of drug-likeness (QED) is 0.783. The van der Waals surface area contributed by atoms with Crippen molar-refractivity contribution >= 4 is 11.4 Å². The molecule has 0 unspecified atom stereocenters. The van der Waals surface area contributed by atoms with Gasteiger partial charge in [-0.15, -0.1) is 0 Å². The summed E-state index contributed by atoms with van der Waals surface area (Å²) in [5, 5.41) is 0. The molecule has 1 aromatic rings. The number of likely N-dealkylation sites (tertiary alicyclic amines) is 1. The van der Waals surface area contributed by atoms with Crippen LogP contribution in [0.5, 0.6) is 0 Å². The van der Waals surface area contributed by atoms with Gasteiger partial charge in [0, 0.05) is 25.0 Å². The maximum absolute atomic E-state index is 5.37. The van der Waals surface area contributed by atoms with Gasteiger partial charge in [-0.1, -0.05) is 0 Å². The standard InChI is InChI=1S/C7H15NO.C6H8N2/c1-9-7-6-8-4-2-3-5-8;7-5-1-2-6(8)4-3-5/h2-7H2,1H3;1-4H,7-8H2. The number of hydrogen-bond donors (Lipinski definition) is 2. The van der Waals surface area contributed by atoms with Gasteiger partial charge in [0.05, 0.1) is 6.61 Å². The molecule has 4 N–H and O–H groups in total. The van der Waals surface area contributed by atoms with E-state index >= 15 is 0 Å². The molecule has 0 atom stereocenters. The maximum atomic E-state index is 5.37. The predicted octanol–water partition coefficient (Wildman–Crippen LogP) is 1.58. The van der Waals surface area contributed by atoms with Gasteiger partial charge in [0.15, 0.2) is 0 Å². The Balaban J connectivity index is 0.000000171. The van der Waals surface area contributed by atoms with E-state index in [9.17, 15) is 0 Å². The lowest BCUT2D eigenvalue weighted by Crippen LogP contribution is -2.23. The van der Waals surface area contributed by atoms with Crippen molar-refractivity contribution in [3.63, 3.8) is 0 Å². The van der Waals surface area contributed by atoms with Crippen LogP contribution in [0.2, 0.25) is 0 Å². The minimum atomic E-state index is 0.749. The van der Waals surface area contributed by atoms with Crippen molar-refractivity contribution in [3.8, 4) is 0 Å². The number of anilines is 2. The van der Waals surface area contributed by atoms with Gasteiger partial charge in [0.2, 0.25) is 0 Å². The van der Waals surface area contributed by atoms with E-state index in [-0.39, 0.29) is 0 Å². The van der Waals surface area contributed by atoms with Crippen LogP contribution in [0.15, 0.2) is 24.3 Å². The largest absolute Gasteiger partial charge is 0.399 e. The Labute approximate surface area is 104 Å². The fourth-order valence-corrected chi connectivity index (χ4v) is 1.72. The van der Waals surface area contributed by atoms with E-state index in [1.54, 1.807) is 31.4 Å². The summed E-state index contributed by atoms with van der Waals surface area (Å²) in [5.74, 6) is 0. The number of nitrogens with zero attached hydrogens (tertiary/aromatic N) is 1.